The molecule has 7 nitrogen and oxygen atoms in total. The van der Waals surface area contributed by atoms with Crippen LogP contribution >= 0.6 is 35.0 Å². The van der Waals surface area contributed by atoms with Gasteiger partial charge < -0.3 is 0 Å². The lowest BCUT2D eigenvalue weighted by atomic mass is 10.1. The van der Waals surface area contributed by atoms with Crippen molar-refractivity contribution in [1.29, 1.82) is 5.26 Å². The first-order valence-electron chi connectivity index (χ1n) is 10.6. The van der Waals surface area contributed by atoms with Gasteiger partial charge >= 0.3 is 0 Å². The van der Waals surface area contributed by atoms with E-state index in [9.17, 15) is 0 Å². The third kappa shape index (κ3) is 5.38. The van der Waals surface area contributed by atoms with Gasteiger partial charge in [0.1, 0.15) is 5.03 Å². The maximum absolute atomic E-state index is 8.99. The van der Waals surface area contributed by atoms with Crippen molar-refractivity contribution in [1.82, 2.24) is 30.0 Å². The van der Waals surface area contributed by atoms with E-state index in [4.69, 9.17) is 28.5 Å². The summed E-state index contributed by atoms with van der Waals surface area (Å²) in [4.78, 5) is 1.52. The van der Waals surface area contributed by atoms with Crippen molar-refractivity contribution in [2.45, 2.75) is 17.3 Å². The summed E-state index contributed by atoms with van der Waals surface area (Å²) >= 11 is 14.1. The highest BCUT2D eigenvalue weighted by atomic mass is 35.5. The molecule has 0 N–H and O–H groups in total. The fraction of sp³-hybridized carbons (Fsp3) is 0.0800. The fourth-order valence-electron chi connectivity index (χ4n) is 3.47. The predicted molar refractivity (Wildman–Crippen MR) is 137 cm³/mol. The van der Waals surface area contributed by atoms with Crippen molar-refractivity contribution in [3.05, 3.63) is 106 Å². The average Bonchev–Trinajstić information content (AvgIpc) is 3.50. The van der Waals surface area contributed by atoms with Crippen molar-refractivity contribution < 1.29 is 0 Å². The highest BCUT2D eigenvalue weighted by molar-refractivity contribution is 7.98. The summed E-state index contributed by atoms with van der Waals surface area (Å²) in [6.07, 6.45) is 1.73. The number of benzene rings is 3. The Labute approximate surface area is 215 Å². The molecule has 0 aliphatic carbocycles. The number of tetrazole rings is 1. The molecule has 5 aromatic rings. The number of rotatable bonds is 7. The molecule has 0 spiro atoms. The van der Waals surface area contributed by atoms with Gasteiger partial charge in [-0.3, -0.25) is 0 Å². The maximum Gasteiger partial charge on any atom is 0.209 e. The van der Waals surface area contributed by atoms with Crippen molar-refractivity contribution in [3.8, 4) is 23.1 Å². The summed E-state index contributed by atoms with van der Waals surface area (Å²) in [5.41, 5.74) is 4.26. The summed E-state index contributed by atoms with van der Waals surface area (Å²) in [7, 11) is 0. The summed E-state index contributed by atoms with van der Waals surface area (Å²) in [5.74, 6) is 1.20. The van der Waals surface area contributed by atoms with Crippen molar-refractivity contribution in [2.24, 2.45) is 0 Å². The van der Waals surface area contributed by atoms with E-state index < -0.39 is 0 Å². The maximum atomic E-state index is 8.99. The molecule has 0 aliphatic heterocycles. The quantitative estimate of drug-likeness (QED) is 0.244. The smallest absolute Gasteiger partial charge is 0.209 e. The lowest BCUT2D eigenvalue weighted by Crippen LogP contribution is -2.04. The van der Waals surface area contributed by atoms with Crippen LogP contribution in [0, 0.1) is 11.3 Å². The lowest BCUT2D eigenvalue weighted by Gasteiger charge is -2.10. The van der Waals surface area contributed by atoms with E-state index in [1.54, 1.807) is 40.8 Å². The molecule has 0 amide bonds. The summed E-state index contributed by atoms with van der Waals surface area (Å²) < 4.78 is 1.79. The molecule has 0 fully saturated rings. The van der Waals surface area contributed by atoms with Crippen LogP contribution in [0.15, 0.2) is 84.0 Å². The van der Waals surface area contributed by atoms with Gasteiger partial charge in [0.05, 0.1) is 35.6 Å². The number of halogens is 2. The molecule has 3 aromatic carbocycles. The van der Waals surface area contributed by atoms with Crippen LogP contribution in [0.25, 0.3) is 17.1 Å². The van der Waals surface area contributed by atoms with E-state index in [2.05, 4.69) is 38.7 Å². The Kier molecular flexibility index (Phi) is 6.82. The molecule has 5 rings (SSSR count). The minimum atomic E-state index is 0.434. The molecule has 10 heteroatoms. The summed E-state index contributed by atoms with van der Waals surface area (Å²) in [5, 5.41) is 28.6. The molecule has 0 saturated carbocycles. The van der Waals surface area contributed by atoms with E-state index in [1.165, 1.54) is 10.4 Å². The number of hydrogen-bond donors (Lipinski definition) is 0. The zero-order valence-corrected chi connectivity index (χ0v) is 20.5. The van der Waals surface area contributed by atoms with E-state index in [1.807, 2.05) is 42.5 Å². The first-order valence-corrected chi connectivity index (χ1v) is 12.3. The van der Waals surface area contributed by atoms with Gasteiger partial charge in [-0.05, 0) is 46.7 Å². The fourth-order valence-corrected chi connectivity index (χ4v) is 5.05. The van der Waals surface area contributed by atoms with Crippen LogP contribution in [0.4, 0.5) is 0 Å². The predicted octanol–water partition coefficient (Wildman–Crippen LogP) is 6.04. The minimum absolute atomic E-state index is 0.434. The number of aromatic nitrogens is 6. The first kappa shape index (κ1) is 23.1. The van der Waals surface area contributed by atoms with Crippen molar-refractivity contribution >= 4 is 35.0 Å². The first-order chi connectivity index (χ1) is 17.1. The van der Waals surface area contributed by atoms with Crippen LogP contribution in [0.2, 0.25) is 10.0 Å². The van der Waals surface area contributed by atoms with Crippen molar-refractivity contribution in [3.63, 3.8) is 0 Å². The van der Waals surface area contributed by atoms with Gasteiger partial charge in [-0.1, -0.05) is 65.7 Å². The SMILES string of the molecule is N#Cc1ccc(Cn2nnc(-c3cnn(-c4cc(Cl)cc(Cl)c4)c3SCc3ccccc3)n2)cc1. The number of thioether (sulfide) groups is 1. The van der Waals surface area contributed by atoms with Gasteiger partial charge in [0, 0.05) is 15.8 Å². The van der Waals surface area contributed by atoms with Crippen LogP contribution in [-0.4, -0.2) is 30.0 Å². The van der Waals surface area contributed by atoms with Gasteiger partial charge in [0.2, 0.25) is 5.82 Å². The van der Waals surface area contributed by atoms with Gasteiger partial charge in [-0.15, -0.1) is 22.0 Å². The lowest BCUT2D eigenvalue weighted by molar-refractivity contribution is 0.573. The molecule has 0 radical (unpaired) electrons. The Bertz CT molecular complexity index is 1490. The third-order valence-electron chi connectivity index (χ3n) is 5.14. The summed E-state index contributed by atoms with van der Waals surface area (Å²) in [6, 6.07) is 24.9. The second-order valence-corrected chi connectivity index (χ2v) is 9.47. The Balaban J connectivity index is 1.48. The zero-order valence-electron chi connectivity index (χ0n) is 18.2. The van der Waals surface area contributed by atoms with Gasteiger partial charge in [-0.2, -0.15) is 15.2 Å². The normalized spacial score (nSPS) is 10.9. The Morgan fingerprint density at radius 3 is 2.37 bits per heavy atom. The van der Waals surface area contributed by atoms with Crippen LogP contribution in [0.5, 0.6) is 0 Å². The molecule has 2 heterocycles. The van der Waals surface area contributed by atoms with E-state index in [0.29, 0.717) is 28.0 Å². The Hall–Kier alpha value is -3.64. The molecule has 35 heavy (non-hydrogen) atoms. The molecule has 2 aromatic heterocycles. The largest absolute Gasteiger partial charge is 0.226 e. The van der Waals surface area contributed by atoms with E-state index in [-0.39, 0.29) is 0 Å². The molecule has 0 unspecified atom stereocenters. The number of hydrogen-bond acceptors (Lipinski definition) is 6. The van der Waals surface area contributed by atoms with Gasteiger partial charge in [0.25, 0.3) is 0 Å². The van der Waals surface area contributed by atoms with Crippen LogP contribution < -0.4 is 0 Å². The zero-order chi connectivity index (χ0) is 24.2. The Morgan fingerprint density at radius 1 is 0.914 bits per heavy atom. The van der Waals surface area contributed by atoms with Gasteiger partial charge in [-0.25, -0.2) is 4.68 Å². The van der Waals surface area contributed by atoms with E-state index >= 15 is 0 Å². The van der Waals surface area contributed by atoms with Crippen LogP contribution in [0.1, 0.15) is 16.7 Å². The molecule has 0 aliphatic rings. The average molecular weight is 518 g/mol. The second kappa shape index (κ2) is 10.3. The van der Waals surface area contributed by atoms with Crippen LogP contribution in [-0.2, 0) is 12.3 Å². The van der Waals surface area contributed by atoms with E-state index in [0.717, 1.165) is 27.6 Å². The molecular weight excluding hydrogens is 501 g/mol. The highest BCUT2D eigenvalue weighted by Crippen LogP contribution is 2.34. The minimum Gasteiger partial charge on any atom is -0.226 e. The van der Waals surface area contributed by atoms with Gasteiger partial charge in [0.15, 0.2) is 0 Å². The highest BCUT2D eigenvalue weighted by Gasteiger charge is 2.19. The molecule has 0 saturated heterocycles. The number of nitrogens with zero attached hydrogens (tertiary/aromatic N) is 7. The monoisotopic (exact) mass is 517 g/mol. The standard InChI is InChI=1S/C25H17Cl2N7S/c26-20-10-21(27)12-22(11-20)34-25(35-16-19-4-2-1-3-5-19)23(14-29-34)24-30-32-33(31-24)15-18-8-6-17(13-28)7-9-18/h1-12,14H,15-16H2. The van der Waals surface area contributed by atoms with Crippen LogP contribution in [0.3, 0.4) is 0 Å². The molecule has 0 atom stereocenters. The topological polar surface area (TPSA) is 85.2 Å². The summed E-state index contributed by atoms with van der Waals surface area (Å²) in [6.45, 7) is 0.434. The number of nitriles is 1. The molecule has 0 bridgehead atoms. The third-order valence-corrected chi connectivity index (χ3v) is 6.72. The second-order valence-electron chi connectivity index (χ2n) is 7.63. The Morgan fingerprint density at radius 2 is 1.66 bits per heavy atom. The molecule has 172 valence electrons. The molecular formula is C25H17Cl2N7S. The van der Waals surface area contributed by atoms with Crippen molar-refractivity contribution in [2.75, 3.05) is 0 Å².